The molecule has 2 aromatic rings. The second-order valence-electron chi connectivity index (χ2n) is 6.46. The SMILES string of the molecule is COc1cccc(N(C)C(=O)[C@H](C2CC2)[C@H](O)c2ccc(Cl)cc2)c1. The molecule has 25 heavy (non-hydrogen) atoms. The first-order valence-corrected chi connectivity index (χ1v) is 8.74. The lowest BCUT2D eigenvalue weighted by Gasteiger charge is -2.28. The lowest BCUT2D eigenvalue weighted by atomic mass is 9.90. The Hall–Kier alpha value is -2.04. The number of benzene rings is 2. The number of aliphatic hydroxyl groups excluding tert-OH is 1. The number of carbonyl (C=O) groups is 1. The van der Waals surface area contributed by atoms with Crippen molar-refractivity contribution < 1.29 is 14.6 Å². The average molecular weight is 360 g/mol. The van der Waals surface area contributed by atoms with E-state index in [0.29, 0.717) is 16.3 Å². The van der Waals surface area contributed by atoms with Crippen molar-refractivity contribution in [3.05, 3.63) is 59.1 Å². The fourth-order valence-electron chi connectivity index (χ4n) is 3.09. The van der Waals surface area contributed by atoms with Crippen LogP contribution in [0.5, 0.6) is 5.75 Å². The van der Waals surface area contributed by atoms with Crippen LogP contribution in [0.15, 0.2) is 48.5 Å². The highest BCUT2D eigenvalue weighted by molar-refractivity contribution is 6.30. The number of carbonyl (C=O) groups excluding carboxylic acids is 1. The van der Waals surface area contributed by atoms with E-state index in [4.69, 9.17) is 16.3 Å². The Balaban J connectivity index is 1.84. The summed E-state index contributed by atoms with van der Waals surface area (Å²) >= 11 is 5.92. The predicted molar refractivity (Wildman–Crippen MR) is 99.0 cm³/mol. The van der Waals surface area contributed by atoms with Crippen LogP contribution < -0.4 is 9.64 Å². The van der Waals surface area contributed by atoms with Gasteiger partial charge in [0.05, 0.1) is 19.1 Å². The van der Waals surface area contributed by atoms with Crippen LogP contribution >= 0.6 is 11.6 Å². The van der Waals surface area contributed by atoms with E-state index in [1.807, 2.05) is 24.3 Å². The van der Waals surface area contributed by atoms with Gasteiger partial charge in [-0.2, -0.15) is 0 Å². The Kier molecular flexibility index (Phi) is 5.30. The topological polar surface area (TPSA) is 49.8 Å². The van der Waals surface area contributed by atoms with Crippen molar-refractivity contribution in [2.24, 2.45) is 11.8 Å². The summed E-state index contributed by atoms with van der Waals surface area (Å²) < 4.78 is 5.23. The summed E-state index contributed by atoms with van der Waals surface area (Å²) in [5, 5.41) is 11.4. The van der Waals surface area contributed by atoms with Crippen molar-refractivity contribution >= 4 is 23.2 Å². The van der Waals surface area contributed by atoms with Crippen LogP contribution in [0.1, 0.15) is 24.5 Å². The van der Waals surface area contributed by atoms with E-state index < -0.39 is 12.0 Å². The largest absolute Gasteiger partial charge is 0.497 e. The molecule has 5 heteroatoms. The third-order valence-corrected chi connectivity index (χ3v) is 4.99. The minimum Gasteiger partial charge on any atom is -0.497 e. The third-order valence-electron chi connectivity index (χ3n) is 4.74. The second-order valence-corrected chi connectivity index (χ2v) is 6.89. The summed E-state index contributed by atoms with van der Waals surface area (Å²) in [6.07, 6.45) is 1.09. The number of ether oxygens (including phenoxy) is 1. The third kappa shape index (κ3) is 3.97. The van der Waals surface area contributed by atoms with Crippen molar-refractivity contribution in [2.75, 3.05) is 19.1 Å². The summed E-state index contributed by atoms with van der Waals surface area (Å²) in [4.78, 5) is 14.7. The van der Waals surface area contributed by atoms with Crippen molar-refractivity contribution in [1.29, 1.82) is 0 Å². The maximum absolute atomic E-state index is 13.1. The van der Waals surface area contributed by atoms with Gasteiger partial charge in [-0.25, -0.2) is 0 Å². The molecule has 1 fully saturated rings. The zero-order chi connectivity index (χ0) is 18.0. The fourth-order valence-corrected chi connectivity index (χ4v) is 3.21. The number of halogens is 1. The van der Waals surface area contributed by atoms with Crippen LogP contribution in [-0.2, 0) is 4.79 Å². The summed E-state index contributed by atoms with van der Waals surface area (Å²) in [7, 11) is 3.33. The first-order chi connectivity index (χ1) is 12.0. The van der Waals surface area contributed by atoms with E-state index in [-0.39, 0.29) is 11.8 Å². The molecule has 0 bridgehead atoms. The second kappa shape index (κ2) is 7.46. The first-order valence-electron chi connectivity index (χ1n) is 8.36. The van der Waals surface area contributed by atoms with E-state index in [2.05, 4.69) is 0 Å². The molecule has 2 aromatic carbocycles. The molecule has 0 spiro atoms. The highest BCUT2D eigenvalue weighted by Gasteiger charge is 2.42. The molecular formula is C20H22ClNO3. The molecule has 0 radical (unpaired) electrons. The van der Waals surface area contributed by atoms with Crippen LogP contribution in [0.25, 0.3) is 0 Å². The van der Waals surface area contributed by atoms with Crippen molar-refractivity contribution in [3.8, 4) is 5.75 Å². The van der Waals surface area contributed by atoms with Crippen molar-refractivity contribution in [2.45, 2.75) is 18.9 Å². The van der Waals surface area contributed by atoms with Gasteiger partial charge < -0.3 is 14.7 Å². The van der Waals surface area contributed by atoms with E-state index in [1.54, 1.807) is 43.3 Å². The standard InChI is InChI=1S/C20H22ClNO3/c1-22(16-4-3-5-17(12-16)25-2)20(24)18(13-6-7-13)19(23)14-8-10-15(21)11-9-14/h3-5,8-13,18-19,23H,6-7H2,1-2H3/t18-,19-/m1/s1. The van der Waals surface area contributed by atoms with Crippen molar-refractivity contribution in [1.82, 2.24) is 0 Å². The lowest BCUT2D eigenvalue weighted by Crippen LogP contribution is -2.37. The van der Waals surface area contributed by atoms with Gasteiger partial charge >= 0.3 is 0 Å². The average Bonchev–Trinajstić information content (AvgIpc) is 3.46. The van der Waals surface area contributed by atoms with Gasteiger partial charge in [0.25, 0.3) is 0 Å². The predicted octanol–water partition coefficient (Wildman–Crippen LogP) is 4.07. The van der Waals surface area contributed by atoms with Crippen LogP contribution in [0, 0.1) is 11.8 Å². The minimum absolute atomic E-state index is 0.0850. The summed E-state index contributed by atoms with van der Waals surface area (Å²) in [6.45, 7) is 0. The molecule has 1 saturated carbocycles. The zero-order valence-electron chi connectivity index (χ0n) is 14.4. The normalized spacial score (nSPS) is 16.2. The molecule has 132 valence electrons. The maximum Gasteiger partial charge on any atom is 0.233 e. The van der Waals surface area contributed by atoms with Gasteiger partial charge in [0.2, 0.25) is 5.91 Å². The van der Waals surface area contributed by atoms with Crippen molar-refractivity contribution in [3.63, 3.8) is 0 Å². The van der Waals surface area contributed by atoms with E-state index in [1.165, 1.54) is 0 Å². The van der Waals surface area contributed by atoms with E-state index in [0.717, 1.165) is 18.5 Å². The Bertz CT molecular complexity index is 743. The Morgan fingerprint density at radius 2 is 1.92 bits per heavy atom. The number of rotatable bonds is 6. The zero-order valence-corrected chi connectivity index (χ0v) is 15.1. The number of amides is 1. The molecule has 0 unspecified atom stereocenters. The van der Waals surface area contributed by atoms with Gasteiger partial charge in [-0.1, -0.05) is 29.8 Å². The number of hydrogen-bond donors (Lipinski definition) is 1. The Labute approximate surface area is 153 Å². The molecule has 0 aliphatic heterocycles. The highest BCUT2D eigenvalue weighted by atomic mass is 35.5. The van der Waals surface area contributed by atoms with Crippen LogP contribution in [-0.4, -0.2) is 25.2 Å². The number of aliphatic hydroxyl groups is 1. The summed E-state index contributed by atoms with van der Waals surface area (Å²) in [5.41, 5.74) is 1.46. The maximum atomic E-state index is 13.1. The van der Waals surface area contributed by atoms with Gasteiger partial charge in [0, 0.05) is 23.8 Å². The van der Waals surface area contributed by atoms with Gasteiger partial charge in [-0.05, 0) is 48.6 Å². The number of hydrogen-bond acceptors (Lipinski definition) is 3. The molecule has 2 atom stereocenters. The summed E-state index contributed by atoms with van der Waals surface area (Å²) in [6, 6.07) is 14.4. The monoisotopic (exact) mass is 359 g/mol. The molecule has 1 aliphatic carbocycles. The smallest absolute Gasteiger partial charge is 0.233 e. The lowest BCUT2D eigenvalue weighted by molar-refractivity contribution is -0.126. The van der Waals surface area contributed by atoms with Crippen LogP contribution in [0.2, 0.25) is 5.02 Å². The van der Waals surface area contributed by atoms with Gasteiger partial charge in [-0.3, -0.25) is 4.79 Å². The molecular weight excluding hydrogens is 338 g/mol. The quantitative estimate of drug-likeness (QED) is 0.845. The molecule has 1 N–H and O–H groups in total. The molecule has 0 heterocycles. The fraction of sp³-hybridized carbons (Fsp3) is 0.350. The Morgan fingerprint density at radius 3 is 2.52 bits per heavy atom. The van der Waals surface area contributed by atoms with E-state index >= 15 is 0 Å². The number of anilines is 1. The van der Waals surface area contributed by atoms with Gasteiger partial charge in [-0.15, -0.1) is 0 Å². The number of nitrogens with zero attached hydrogens (tertiary/aromatic N) is 1. The molecule has 0 aromatic heterocycles. The Morgan fingerprint density at radius 1 is 1.24 bits per heavy atom. The molecule has 4 nitrogen and oxygen atoms in total. The first kappa shape index (κ1) is 17.8. The van der Waals surface area contributed by atoms with E-state index in [9.17, 15) is 9.90 Å². The van der Waals surface area contributed by atoms with Gasteiger partial charge in [0.15, 0.2) is 0 Å². The molecule has 0 saturated heterocycles. The van der Waals surface area contributed by atoms with Gasteiger partial charge in [0.1, 0.15) is 5.75 Å². The molecule has 1 amide bonds. The minimum atomic E-state index is -0.842. The number of methoxy groups -OCH3 is 1. The molecule has 3 rings (SSSR count). The summed E-state index contributed by atoms with van der Waals surface area (Å²) in [5.74, 6) is 0.361. The highest BCUT2D eigenvalue weighted by Crippen LogP contribution is 2.44. The molecule has 1 aliphatic rings. The van der Waals surface area contributed by atoms with Crippen LogP contribution in [0.3, 0.4) is 0 Å². The van der Waals surface area contributed by atoms with Crippen LogP contribution in [0.4, 0.5) is 5.69 Å².